The fraction of sp³-hybridized carbons (Fsp3) is 0.286. The lowest BCUT2D eigenvalue weighted by Gasteiger charge is -2.23. The number of hydrogen-bond donors (Lipinski definition) is 2. The number of fused-ring (bicyclic) bond motifs is 1. The third kappa shape index (κ3) is 4.91. The summed E-state index contributed by atoms with van der Waals surface area (Å²) in [6, 6.07) is 13.4. The molecule has 10 heteroatoms. The number of anilines is 2. The lowest BCUT2D eigenvalue weighted by atomic mass is 10.2. The highest BCUT2D eigenvalue weighted by molar-refractivity contribution is 8.01. The van der Waals surface area contributed by atoms with Gasteiger partial charge in [-0.25, -0.2) is 0 Å². The van der Waals surface area contributed by atoms with E-state index in [1.165, 1.54) is 23.9 Å². The van der Waals surface area contributed by atoms with Gasteiger partial charge < -0.3 is 15.5 Å². The predicted molar refractivity (Wildman–Crippen MR) is 121 cm³/mol. The van der Waals surface area contributed by atoms with Gasteiger partial charge in [0.2, 0.25) is 11.8 Å². The Morgan fingerprint density at radius 3 is 2.84 bits per heavy atom. The van der Waals surface area contributed by atoms with Gasteiger partial charge in [-0.15, -0.1) is 16.2 Å². The molecule has 2 amide bonds. The highest BCUT2D eigenvalue weighted by Crippen LogP contribution is 2.36. The summed E-state index contributed by atoms with van der Waals surface area (Å²) >= 11 is 1.34. The second kappa shape index (κ2) is 8.72. The molecule has 0 aliphatic carbocycles. The molecule has 0 bridgehead atoms. The Morgan fingerprint density at radius 2 is 2.06 bits per heavy atom. The Hall–Kier alpha value is -2.85. The van der Waals surface area contributed by atoms with E-state index in [-0.39, 0.29) is 23.1 Å². The monoisotopic (exact) mass is 458 g/mol. The molecule has 2 aliphatic rings. The first kappa shape index (κ1) is 21.4. The van der Waals surface area contributed by atoms with E-state index in [2.05, 4.69) is 15.0 Å². The Balaban J connectivity index is 1.44. The van der Waals surface area contributed by atoms with Crippen molar-refractivity contribution in [2.24, 2.45) is 4.40 Å². The number of rotatable bonds is 5. The molecule has 1 unspecified atom stereocenters. The van der Waals surface area contributed by atoms with E-state index >= 15 is 0 Å². The van der Waals surface area contributed by atoms with Crippen LogP contribution in [-0.4, -0.2) is 49.8 Å². The highest BCUT2D eigenvalue weighted by atomic mass is 32.2. The van der Waals surface area contributed by atoms with Gasteiger partial charge in [0.05, 0.1) is 15.8 Å². The normalized spacial score (nSPS) is 19.8. The standard InChI is InChI=1S/C21H22N4O4S2/c1-25-11-5-10-19(25)24-31(28,29)15-7-4-6-14(12-15)22-20(26)13-18-21(27)23-16-8-2-3-9-17(16)30-18/h2-4,6-9,12,18H,5,10-11,13H2,1H3,(H,22,26)(H,23,27)/b24-19+. The number of carbonyl (C=O) groups is 2. The molecule has 0 spiro atoms. The van der Waals surface area contributed by atoms with Crippen LogP contribution in [0.3, 0.4) is 0 Å². The van der Waals surface area contributed by atoms with Gasteiger partial charge in [-0.3, -0.25) is 9.59 Å². The van der Waals surface area contributed by atoms with Crippen molar-refractivity contribution in [1.29, 1.82) is 0 Å². The van der Waals surface area contributed by atoms with Crippen molar-refractivity contribution in [1.82, 2.24) is 4.90 Å². The van der Waals surface area contributed by atoms with Gasteiger partial charge in [0, 0.05) is 37.0 Å². The molecule has 1 atom stereocenters. The van der Waals surface area contributed by atoms with E-state index in [1.54, 1.807) is 12.1 Å². The number of nitrogens with one attached hydrogen (secondary N) is 2. The predicted octanol–water partition coefficient (Wildman–Crippen LogP) is 2.94. The van der Waals surface area contributed by atoms with Crippen LogP contribution in [0.4, 0.5) is 11.4 Å². The van der Waals surface area contributed by atoms with Crippen molar-refractivity contribution in [3.8, 4) is 0 Å². The van der Waals surface area contributed by atoms with Gasteiger partial charge in [-0.05, 0) is 36.8 Å². The number of hydrogen-bond acceptors (Lipinski definition) is 5. The number of amidine groups is 1. The van der Waals surface area contributed by atoms with Crippen LogP contribution >= 0.6 is 11.8 Å². The average molecular weight is 459 g/mol. The molecule has 31 heavy (non-hydrogen) atoms. The van der Waals surface area contributed by atoms with Gasteiger partial charge in [-0.2, -0.15) is 8.42 Å². The molecule has 8 nitrogen and oxygen atoms in total. The Bertz CT molecular complexity index is 1160. The highest BCUT2D eigenvalue weighted by Gasteiger charge is 2.29. The van der Waals surface area contributed by atoms with Gasteiger partial charge in [0.1, 0.15) is 5.84 Å². The number of benzene rings is 2. The van der Waals surface area contributed by atoms with Crippen LogP contribution < -0.4 is 10.6 Å². The molecule has 4 rings (SSSR count). The lowest BCUT2D eigenvalue weighted by molar-refractivity contribution is -0.120. The van der Waals surface area contributed by atoms with Gasteiger partial charge in [0.15, 0.2) is 0 Å². The topological polar surface area (TPSA) is 108 Å². The zero-order valence-corrected chi connectivity index (χ0v) is 18.5. The molecule has 2 aromatic rings. The molecule has 2 heterocycles. The van der Waals surface area contributed by atoms with Crippen LogP contribution in [0, 0.1) is 0 Å². The SMILES string of the molecule is CN1CCC/C1=N\S(=O)(=O)c1cccc(NC(=O)CC2Sc3ccccc3NC2=O)c1. The molecule has 0 radical (unpaired) electrons. The summed E-state index contributed by atoms with van der Waals surface area (Å²) in [7, 11) is -2.06. The number of para-hydroxylation sites is 1. The van der Waals surface area contributed by atoms with Crippen molar-refractivity contribution in [2.75, 3.05) is 24.2 Å². The van der Waals surface area contributed by atoms with Gasteiger partial charge in [-0.1, -0.05) is 18.2 Å². The van der Waals surface area contributed by atoms with Crippen LogP contribution in [0.5, 0.6) is 0 Å². The van der Waals surface area contributed by atoms with Crippen LogP contribution in [-0.2, 0) is 19.6 Å². The minimum Gasteiger partial charge on any atom is -0.362 e. The zero-order chi connectivity index (χ0) is 22.0. The molecule has 2 aliphatic heterocycles. The van der Waals surface area contributed by atoms with E-state index in [0.29, 0.717) is 17.9 Å². The van der Waals surface area contributed by atoms with Crippen LogP contribution in [0.2, 0.25) is 0 Å². The summed E-state index contributed by atoms with van der Waals surface area (Å²) in [5, 5.41) is 4.94. The summed E-state index contributed by atoms with van der Waals surface area (Å²) in [5.41, 5.74) is 1.08. The smallest absolute Gasteiger partial charge is 0.284 e. The molecule has 1 saturated heterocycles. The summed E-state index contributed by atoms with van der Waals surface area (Å²) in [6.45, 7) is 0.779. The summed E-state index contributed by atoms with van der Waals surface area (Å²) in [5.74, 6) is -0.0647. The Labute approximate surface area is 185 Å². The van der Waals surface area contributed by atoms with E-state index in [0.717, 1.165) is 23.5 Å². The molecule has 0 aromatic heterocycles. The minimum absolute atomic E-state index is 0.0109. The fourth-order valence-corrected chi connectivity index (χ4v) is 5.69. The maximum absolute atomic E-state index is 12.7. The number of likely N-dealkylation sites (tertiary alicyclic amines) is 1. The molecule has 0 saturated carbocycles. The van der Waals surface area contributed by atoms with E-state index in [4.69, 9.17) is 0 Å². The van der Waals surface area contributed by atoms with Crippen LogP contribution in [0.25, 0.3) is 0 Å². The van der Waals surface area contributed by atoms with Crippen LogP contribution in [0.1, 0.15) is 19.3 Å². The number of carbonyl (C=O) groups excluding carboxylic acids is 2. The summed E-state index contributed by atoms with van der Waals surface area (Å²) in [4.78, 5) is 27.6. The second-order valence-electron chi connectivity index (χ2n) is 7.38. The Kier molecular flexibility index (Phi) is 6.01. The average Bonchev–Trinajstić information content (AvgIpc) is 3.12. The van der Waals surface area contributed by atoms with Gasteiger partial charge >= 0.3 is 0 Å². The largest absolute Gasteiger partial charge is 0.362 e. The maximum Gasteiger partial charge on any atom is 0.284 e. The number of nitrogens with zero attached hydrogens (tertiary/aromatic N) is 2. The summed E-state index contributed by atoms with van der Waals surface area (Å²) in [6.07, 6.45) is 1.46. The first-order valence-corrected chi connectivity index (χ1v) is 12.2. The van der Waals surface area contributed by atoms with Crippen molar-refractivity contribution < 1.29 is 18.0 Å². The Morgan fingerprint density at radius 1 is 1.26 bits per heavy atom. The molecule has 2 aromatic carbocycles. The third-order valence-corrected chi connectivity index (χ3v) is 7.63. The van der Waals surface area contributed by atoms with E-state index in [1.807, 2.05) is 36.2 Å². The van der Waals surface area contributed by atoms with Gasteiger partial charge in [0.25, 0.3) is 10.0 Å². The van der Waals surface area contributed by atoms with E-state index < -0.39 is 15.3 Å². The molecular formula is C21H22N4O4S2. The number of sulfonamides is 1. The first-order valence-electron chi connectivity index (χ1n) is 9.83. The molecule has 2 N–H and O–H groups in total. The lowest BCUT2D eigenvalue weighted by Crippen LogP contribution is -2.32. The maximum atomic E-state index is 12.7. The third-order valence-electron chi connectivity index (χ3n) is 5.05. The van der Waals surface area contributed by atoms with Crippen LogP contribution in [0.15, 0.2) is 62.7 Å². The number of amides is 2. The van der Waals surface area contributed by atoms with Crippen molar-refractivity contribution in [3.63, 3.8) is 0 Å². The molecule has 162 valence electrons. The quantitative estimate of drug-likeness (QED) is 0.713. The van der Waals surface area contributed by atoms with Crippen molar-refractivity contribution in [2.45, 2.75) is 34.3 Å². The zero-order valence-electron chi connectivity index (χ0n) is 16.9. The molecular weight excluding hydrogens is 436 g/mol. The fourth-order valence-electron chi connectivity index (χ4n) is 3.44. The molecule has 1 fully saturated rings. The van der Waals surface area contributed by atoms with E-state index in [9.17, 15) is 18.0 Å². The van der Waals surface area contributed by atoms with Crippen molar-refractivity contribution in [3.05, 3.63) is 48.5 Å². The first-order chi connectivity index (χ1) is 14.8. The second-order valence-corrected chi connectivity index (χ2v) is 10.2. The summed E-state index contributed by atoms with van der Waals surface area (Å²) < 4.78 is 29.3. The number of thioether (sulfide) groups is 1. The minimum atomic E-state index is -3.88. The van der Waals surface area contributed by atoms with Crippen molar-refractivity contribution >= 4 is 50.8 Å².